The Morgan fingerprint density at radius 2 is 2.28 bits per heavy atom. The van der Waals surface area contributed by atoms with Gasteiger partial charge in [-0.1, -0.05) is 17.3 Å². The Labute approximate surface area is 145 Å². The van der Waals surface area contributed by atoms with Gasteiger partial charge in [0.25, 0.3) is 5.91 Å². The summed E-state index contributed by atoms with van der Waals surface area (Å²) in [5.74, 6) is -0.167. The van der Waals surface area contributed by atoms with Crippen molar-refractivity contribution in [2.24, 2.45) is 0 Å². The van der Waals surface area contributed by atoms with Crippen molar-refractivity contribution in [3.8, 4) is 5.69 Å². The van der Waals surface area contributed by atoms with E-state index in [-0.39, 0.29) is 11.9 Å². The Kier molecular flexibility index (Phi) is 4.15. The second-order valence-corrected chi connectivity index (χ2v) is 6.33. The van der Waals surface area contributed by atoms with E-state index >= 15 is 0 Å². The molecule has 3 aromatic rings. The maximum absolute atomic E-state index is 12.6. The predicted octanol–water partition coefficient (Wildman–Crippen LogP) is 1.61. The van der Waals surface area contributed by atoms with Crippen LogP contribution in [0.3, 0.4) is 0 Å². The number of amides is 1. The lowest BCUT2D eigenvalue weighted by atomic mass is 10.1. The number of rotatable bonds is 3. The number of pyridine rings is 1. The van der Waals surface area contributed by atoms with Crippen molar-refractivity contribution in [1.29, 1.82) is 0 Å². The Balaban J connectivity index is 1.65. The molecule has 3 heterocycles. The van der Waals surface area contributed by atoms with E-state index in [0.717, 1.165) is 48.1 Å². The van der Waals surface area contributed by atoms with Crippen LogP contribution >= 0.6 is 0 Å². The maximum atomic E-state index is 12.6. The van der Waals surface area contributed by atoms with Gasteiger partial charge in [0.2, 0.25) is 0 Å². The second-order valence-electron chi connectivity index (χ2n) is 6.33. The van der Waals surface area contributed by atoms with E-state index in [1.54, 1.807) is 10.9 Å². The van der Waals surface area contributed by atoms with Gasteiger partial charge in [-0.3, -0.25) is 9.78 Å². The lowest BCUT2D eigenvalue weighted by molar-refractivity contribution is 0.0925. The van der Waals surface area contributed by atoms with Gasteiger partial charge in [-0.25, -0.2) is 4.68 Å². The number of benzene rings is 1. The van der Waals surface area contributed by atoms with E-state index in [0.29, 0.717) is 5.69 Å². The molecule has 1 saturated heterocycles. The monoisotopic (exact) mass is 336 g/mol. The van der Waals surface area contributed by atoms with Gasteiger partial charge in [-0.2, -0.15) is 0 Å². The summed E-state index contributed by atoms with van der Waals surface area (Å²) in [4.78, 5) is 16.7. The van der Waals surface area contributed by atoms with E-state index in [2.05, 4.69) is 25.9 Å². The van der Waals surface area contributed by atoms with Crippen molar-refractivity contribution in [3.63, 3.8) is 0 Å². The fraction of sp³-hybridized carbons (Fsp3) is 0.333. The first kappa shape index (κ1) is 15.7. The summed E-state index contributed by atoms with van der Waals surface area (Å²) in [5.41, 5.74) is 1.99. The van der Waals surface area contributed by atoms with E-state index in [9.17, 15) is 4.79 Å². The molecule has 128 valence electrons. The van der Waals surface area contributed by atoms with Crippen LogP contribution in [0.2, 0.25) is 0 Å². The molecule has 0 bridgehead atoms. The van der Waals surface area contributed by atoms with Crippen LogP contribution in [0, 0.1) is 6.92 Å². The second kappa shape index (κ2) is 6.60. The summed E-state index contributed by atoms with van der Waals surface area (Å²) in [5, 5.41) is 16.7. The zero-order valence-electron chi connectivity index (χ0n) is 14.1. The summed E-state index contributed by atoms with van der Waals surface area (Å²) < 4.78 is 1.72. The molecule has 1 fully saturated rings. The minimum absolute atomic E-state index is 0.148. The topological polar surface area (TPSA) is 84.7 Å². The minimum Gasteiger partial charge on any atom is -0.347 e. The molecule has 25 heavy (non-hydrogen) atoms. The maximum Gasteiger partial charge on any atom is 0.274 e. The summed E-state index contributed by atoms with van der Waals surface area (Å²) >= 11 is 0. The van der Waals surface area contributed by atoms with Gasteiger partial charge in [-0.15, -0.1) is 5.10 Å². The van der Waals surface area contributed by atoms with Gasteiger partial charge in [0.1, 0.15) is 0 Å². The molecule has 0 spiro atoms. The highest BCUT2D eigenvalue weighted by molar-refractivity contribution is 5.94. The zero-order chi connectivity index (χ0) is 17.2. The smallest absolute Gasteiger partial charge is 0.274 e. The van der Waals surface area contributed by atoms with Gasteiger partial charge in [0.05, 0.1) is 11.4 Å². The van der Waals surface area contributed by atoms with Crippen molar-refractivity contribution in [2.75, 3.05) is 13.1 Å². The summed E-state index contributed by atoms with van der Waals surface area (Å²) in [6.07, 6.45) is 5.62. The number of aromatic nitrogens is 4. The molecular weight excluding hydrogens is 316 g/mol. The van der Waals surface area contributed by atoms with Crippen LogP contribution in [0.4, 0.5) is 0 Å². The normalized spacial score (nSPS) is 17.6. The standard InChI is InChI=1S/C18H20N6O/c1-12-17(18(25)21-14-5-3-8-19-11-14)22-23-24(12)16-6-2-4-13-10-20-9-7-15(13)16/h2,4,6-7,9-10,14,19H,3,5,8,11H2,1H3,(H,21,25). The summed E-state index contributed by atoms with van der Waals surface area (Å²) in [7, 11) is 0. The number of hydrogen-bond donors (Lipinski definition) is 2. The number of nitrogens with zero attached hydrogens (tertiary/aromatic N) is 4. The quantitative estimate of drug-likeness (QED) is 0.759. The molecule has 2 aromatic heterocycles. The average molecular weight is 336 g/mol. The number of piperidine rings is 1. The first-order chi connectivity index (χ1) is 12.2. The molecule has 1 aliphatic rings. The molecule has 7 heteroatoms. The van der Waals surface area contributed by atoms with Crippen molar-refractivity contribution in [3.05, 3.63) is 48.0 Å². The fourth-order valence-corrected chi connectivity index (χ4v) is 3.29. The number of hydrogen-bond acceptors (Lipinski definition) is 5. The third-order valence-corrected chi connectivity index (χ3v) is 4.63. The SMILES string of the molecule is Cc1c(C(=O)NC2CCCNC2)nnn1-c1cccc2cnccc12. The Morgan fingerprint density at radius 3 is 3.12 bits per heavy atom. The summed E-state index contributed by atoms with van der Waals surface area (Å²) in [6.45, 7) is 3.68. The van der Waals surface area contributed by atoms with E-state index < -0.39 is 0 Å². The third kappa shape index (κ3) is 2.98. The fourth-order valence-electron chi connectivity index (χ4n) is 3.29. The predicted molar refractivity (Wildman–Crippen MR) is 94.8 cm³/mol. The largest absolute Gasteiger partial charge is 0.347 e. The highest BCUT2D eigenvalue weighted by atomic mass is 16.2. The molecular formula is C18H20N6O. The molecule has 1 aromatic carbocycles. The van der Waals surface area contributed by atoms with Crippen LogP contribution in [0.1, 0.15) is 29.0 Å². The average Bonchev–Trinajstić information content (AvgIpc) is 3.03. The van der Waals surface area contributed by atoms with Gasteiger partial charge in [-0.05, 0) is 38.4 Å². The molecule has 1 aliphatic heterocycles. The van der Waals surface area contributed by atoms with E-state index in [1.807, 2.05) is 37.4 Å². The van der Waals surface area contributed by atoms with Crippen LogP contribution in [0.15, 0.2) is 36.7 Å². The minimum atomic E-state index is -0.167. The lowest BCUT2D eigenvalue weighted by Gasteiger charge is -2.23. The number of fused-ring (bicyclic) bond motifs is 1. The summed E-state index contributed by atoms with van der Waals surface area (Å²) in [6, 6.07) is 8.01. The van der Waals surface area contributed by atoms with Crippen molar-refractivity contribution >= 4 is 16.7 Å². The molecule has 0 radical (unpaired) electrons. The molecule has 1 unspecified atom stereocenters. The Hall–Kier alpha value is -2.80. The molecule has 1 atom stereocenters. The van der Waals surface area contributed by atoms with Crippen LogP contribution < -0.4 is 10.6 Å². The van der Waals surface area contributed by atoms with Crippen molar-refractivity contribution in [2.45, 2.75) is 25.8 Å². The lowest BCUT2D eigenvalue weighted by Crippen LogP contribution is -2.45. The van der Waals surface area contributed by atoms with Crippen LogP contribution in [0.25, 0.3) is 16.5 Å². The zero-order valence-corrected chi connectivity index (χ0v) is 14.1. The molecule has 0 aliphatic carbocycles. The van der Waals surface area contributed by atoms with E-state index in [4.69, 9.17) is 0 Å². The van der Waals surface area contributed by atoms with Gasteiger partial charge < -0.3 is 10.6 Å². The molecule has 7 nitrogen and oxygen atoms in total. The van der Waals surface area contributed by atoms with Crippen molar-refractivity contribution in [1.82, 2.24) is 30.6 Å². The highest BCUT2D eigenvalue weighted by Gasteiger charge is 2.22. The number of carbonyl (C=O) groups is 1. The first-order valence-electron chi connectivity index (χ1n) is 8.51. The Bertz CT molecular complexity index is 908. The highest BCUT2D eigenvalue weighted by Crippen LogP contribution is 2.22. The van der Waals surface area contributed by atoms with Crippen LogP contribution in [0.5, 0.6) is 0 Å². The van der Waals surface area contributed by atoms with Gasteiger partial charge in [0.15, 0.2) is 5.69 Å². The molecule has 2 N–H and O–H groups in total. The number of nitrogens with one attached hydrogen (secondary N) is 2. The molecule has 4 rings (SSSR count). The molecule has 1 amide bonds. The van der Waals surface area contributed by atoms with E-state index in [1.165, 1.54) is 0 Å². The van der Waals surface area contributed by atoms with Gasteiger partial charge in [0, 0.05) is 35.8 Å². The van der Waals surface area contributed by atoms with Gasteiger partial charge >= 0.3 is 0 Å². The van der Waals surface area contributed by atoms with Crippen molar-refractivity contribution < 1.29 is 4.79 Å². The first-order valence-corrected chi connectivity index (χ1v) is 8.51. The Morgan fingerprint density at radius 1 is 1.36 bits per heavy atom. The van der Waals surface area contributed by atoms with Crippen LogP contribution in [-0.4, -0.2) is 45.0 Å². The third-order valence-electron chi connectivity index (χ3n) is 4.63. The number of carbonyl (C=O) groups excluding carboxylic acids is 1. The molecule has 0 saturated carbocycles. The van der Waals surface area contributed by atoms with Crippen LogP contribution in [-0.2, 0) is 0 Å².